The van der Waals surface area contributed by atoms with Crippen molar-refractivity contribution in [3.8, 4) is 17.2 Å². The molecule has 1 saturated heterocycles. The van der Waals surface area contributed by atoms with Crippen molar-refractivity contribution in [1.29, 1.82) is 5.26 Å². The van der Waals surface area contributed by atoms with E-state index in [-0.39, 0.29) is 17.4 Å². The Labute approximate surface area is 221 Å². The number of halogens is 1. The molecule has 1 amide bonds. The molecule has 0 aliphatic carbocycles. The Morgan fingerprint density at radius 2 is 1.82 bits per heavy atom. The molecule has 1 aliphatic heterocycles. The fraction of sp³-hybridized carbons (Fsp3) is 0.233. The normalized spacial score (nSPS) is 15.3. The molecule has 192 valence electrons. The summed E-state index contributed by atoms with van der Waals surface area (Å²) in [7, 11) is 2.15. The van der Waals surface area contributed by atoms with Crippen molar-refractivity contribution in [2.75, 3.05) is 38.1 Å². The number of amides is 1. The average molecular weight is 509 g/mol. The summed E-state index contributed by atoms with van der Waals surface area (Å²) >= 11 is 0. The van der Waals surface area contributed by atoms with Crippen LogP contribution in [0.2, 0.25) is 0 Å². The SMILES string of the molecule is C[C@@H](NC(=O)/C(C#N)=C/c1c[nH]c2ncc(-c3ccc(N4CCN(C)CC4)cc3)cc12)c1ccc(F)cc1. The van der Waals surface area contributed by atoms with E-state index in [2.05, 4.69) is 56.4 Å². The Morgan fingerprint density at radius 1 is 1.11 bits per heavy atom. The maximum Gasteiger partial charge on any atom is 0.262 e. The standard InChI is InChI=1S/C30H29FN6O/c1-20(21-3-7-26(31)8-4-21)35-30(38)23(17-32)15-25-19-34-29-28(25)16-24(18-33-29)22-5-9-27(10-6-22)37-13-11-36(2)12-14-37/h3-10,15-16,18-20H,11-14H2,1-2H3,(H,33,34)(H,35,38)/b23-15+/t20-/m1/s1. The number of anilines is 1. The van der Waals surface area contributed by atoms with Crippen LogP contribution in [0.25, 0.3) is 28.2 Å². The van der Waals surface area contributed by atoms with Crippen molar-refractivity contribution in [3.63, 3.8) is 0 Å². The van der Waals surface area contributed by atoms with Crippen LogP contribution in [0, 0.1) is 17.1 Å². The van der Waals surface area contributed by atoms with Crippen LogP contribution < -0.4 is 10.2 Å². The topological polar surface area (TPSA) is 88.0 Å². The molecule has 4 aromatic rings. The highest BCUT2D eigenvalue weighted by molar-refractivity contribution is 6.04. The maximum atomic E-state index is 13.2. The lowest BCUT2D eigenvalue weighted by Gasteiger charge is -2.34. The molecular formula is C30H29FN6O. The number of aromatic nitrogens is 2. The van der Waals surface area contributed by atoms with Crippen LogP contribution in [0.4, 0.5) is 10.1 Å². The van der Waals surface area contributed by atoms with Crippen molar-refractivity contribution >= 4 is 28.7 Å². The van der Waals surface area contributed by atoms with Crippen molar-refractivity contribution in [3.05, 3.63) is 89.5 Å². The Balaban J connectivity index is 1.36. The molecule has 0 saturated carbocycles. The van der Waals surface area contributed by atoms with Crippen molar-refractivity contribution in [2.45, 2.75) is 13.0 Å². The Hall–Kier alpha value is -4.48. The summed E-state index contributed by atoms with van der Waals surface area (Å²) in [6.07, 6.45) is 5.12. The molecular weight excluding hydrogens is 479 g/mol. The van der Waals surface area contributed by atoms with Crippen LogP contribution in [0.5, 0.6) is 0 Å². The molecule has 0 unspecified atom stereocenters. The molecule has 3 heterocycles. The lowest BCUT2D eigenvalue weighted by atomic mass is 10.0. The number of aromatic amines is 1. The average Bonchev–Trinajstić information content (AvgIpc) is 3.34. The van der Waals surface area contributed by atoms with Gasteiger partial charge in [-0.3, -0.25) is 4.79 Å². The van der Waals surface area contributed by atoms with Gasteiger partial charge in [-0.1, -0.05) is 24.3 Å². The van der Waals surface area contributed by atoms with E-state index in [1.165, 1.54) is 17.8 Å². The number of hydrogen-bond donors (Lipinski definition) is 2. The molecule has 0 bridgehead atoms. The van der Waals surface area contributed by atoms with Gasteiger partial charge in [0.1, 0.15) is 23.1 Å². The summed E-state index contributed by atoms with van der Waals surface area (Å²) < 4.78 is 13.2. The van der Waals surface area contributed by atoms with Gasteiger partial charge < -0.3 is 20.1 Å². The van der Waals surface area contributed by atoms with Crippen LogP contribution in [0.15, 0.2) is 72.6 Å². The summed E-state index contributed by atoms with van der Waals surface area (Å²) in [6.45, 7) is 5.93. The van der Waals surface area contributed by atoms with Crippen molar-refractivity contribution in [1.82, 2.24) is 20.2 Å². The third-order valence-corrected chi connectivity index (χ3v) is 7.01. The van der Waals surface area contributed by atoms with Gasteiger partial charge in [0, 0.05) is 60.8 Å². The summed E-state index contributed by atoms with van der Waals surface area (Å²) in [4.78, 5) is 25.3. The number of hydrogen-bond acceptors (Lipinski definition) is 5. The van der Waals surface area contributed by atoms with E-state index in [1.807, 2.05) is 18.3 Å². The molecule has 1 aliphatic rings. The first-order chi connectivity index (χ1) is 18.4. The molecule has 5 rings (SSSR count). The smallest absolute Gasteiger partial charge is 0.262 e. The molecule has 2 N–H and O–H groups in total. The first kappa shape index (κ1) is 25.2. The van der Waals surface area contributed by atoms with Crippen LogP contribution in [0.1, 0.15) is 24.1 Å². The first-order valence-electron chi connectivity index (χ1n) is 12.6. The van der Waals surface area contributed by atoms with E-state index in [0.717, 1.165) is 48.3 Å². The van der Waals surface area contributed by atoms with E-state index in [4.69, 9.17) is 0 Å². The van der Waals surface area contributed by atoms with Gasteiger partial charge in [-0.25, -0.2) is 9.37 Å². The molecule has 1 fully saturated rings. The highest BCUT2D eigenvalue weighted by Crippen LogP contribution is 2.28. The van der Waals surface area contributed by atoms with Crippen molar-refractivity contribution < 1.29 is 9.18 Å². The lowest BCUT2D eigenvalue weighted by Crippen LogP contribution is -2.44. The summed E-state index contributed by atoms with van der Waals surface area (Å²) in [5, 5.41) is 13.3. The number of nitriles is 1. The second-order valence-corrected chi connectivity index (χ2v) is 9.62. The first-order valence-corrected chi connectivity index (χ1v) is 12.6. The zero-order valence-electron chi connectivity index (χ0n) is 21.4. The van der Waals surface area contributed by atoms with Gasteiger partial charge in [0.05, 0.1) is 6.04 Å². The van der Waals surface area contributed by atoms with Gasteiger partial charge in [-0.2, -0.15) is 5.26 Å². The molecule has 2 aromatic heterocycles. The van der Waals surface area contributed by atoms with Crippen LogP contribution in [-0.2, 0) is 4.79 Å². The van der Waals surface area contributed by atoms with E-state index in [9.17, 15) is 14.4 Å². The van der Waals surface area contributed by atoms with Crippen LogP contribution in [0.3, 0.4) is 0 Å². The number of fused-ring (bicyclic) bond motifs is 1. The number of rotatable bonds is 6. The fourth-order valence-corrected chi connectivity index (χ4v) is 4.64. The summed E-state index contributed by atoms with van der Waals surface area (Å²) in [6, 6.07) is 18.0. The number of pyridine rings is 1. The molecule has 0 radical (unpaired) electrons. The monoisotopic (exact) mass is 508 g/mol. The van der Waals surface area contributed by atoms with Gasteiger partial charge in [-0.05, 0) is 61.5 Å². The Morgan fingerprint density at radius 3 is 2.50 bits per heavy atom. The highest BCUT2D eigenvalue weighted by atomic mass is 19.1. The van der Waals surface area contributed by atoms with Crippen LogP contribution >= 0.6 is 0 Å². The molecule has 8 heteroatoms. The summed E-state index contributed by atoms with van der Waals surface area (Å²) in [5.74, 6) is -0.842. The number of benzene rings is 2. The Kier molecular flexibility index (Phi) is 7.20. The number of carbonyl (C=O) groups is 1. The van der Waals surface area contributed by atoms with Gasteiger partial charge in [0.15, 0.2) is 0 Å². The van der Waals surface area contributed by atoms with E-state index < -0.39 is 5.91 Å². The zero-order chi connectivity index (χ0) is 26.6. The van der Waals surface area contributed by atoms with Gasteiger partial charge in [0.2, 0.25) is 0 Å². The van der Waals surface area contributed by atoms with Crippen LogP contribution in [-0.4, -0.2) is 54.0 Å². The van der Waals surface area contributed by atoms with Gasteiger partial charge in [0.25, 0.3) is 5.91 Å². The number of carbonyl (C=O) groups excluding carboxylic acids is 1. The largest absolute Gasteiger partial charge is 0.369 e. The molecule has 0 spiro atoms. The predicted molar refractivity (Wildman–Crippen MR) is 148 cm³/mol. The number of likely N-dealkylation sites (N-methyl/N-ethyl adjacent to an activating group) is 1. The molecule has 38 heavy (non-hydrogen) atoms. The number of H-pyrrole nitrogens is 1. The van der Waals surface area contributed by atoms with Crippen molar-refractivity contribution in [2.24, 2.45) is 0 Å². The van der Waals surface area contributed by atoms with E-state index in [0.29, 0.717) is 11.2 Å². The molecule has 1 atom stereocenters. The zero-order valence-corrected chi connectivity index (χ0v) is 21.4. The Bertz CT molecular complexity index is 1510. The minimum atomic E-state index is -0.498. The predicted octanol–water partition coefficient (Wildman–Crippen LogP) is 4.91. The van der Waals surface area contributed by atoms with Gasteiger partial charge >= 0.3 is 0 Å². The number of piperazine rings is 1. The second kappa shape index (κ2) is 10.9. The second-order valence-electron chi connectivity index (χ2n) is 9.62. The molecule has 7 nitrogen and oxygen atoms in total. The van der Waals surface area contributed by atoms with E-state index >= 15 is 0 Å². The number of nitrogens with one attached hydrogen (secondary N) is 2. The highest BCUT2D eigenvalue weighted by Gasteiger charge is 2.16. The van der Waals surface area contributed by atoms with E-state index in [1.54, 1.807) is 31.3 Å². The number of nitrogens with zero attached hydrogens (tertiary/aromatic N) is 4. The third kappa shape index (κ3) is 5.43. The minimum Gasteiger partial charge on any atom is -0.369 e. The van der Waals surface area contributed by atoms with Gasteiger partial charge in [-0.15, -0.1) is 0 Å². The third-order valence-electron chi connectivity index (χ3n) is 7.01. The molecule has 2 aromatic carbocycles. The lowest BCUT2D eigenvalue weighted by molar-refractivity contribution is -0.117. The fourth-order valence-electron chi connectivity index (χ4n) is 4.64. The summed E-state index contributed by atoms with van der Waals surface area (Å²) in [5.41, 5.74) is 5.29. The maximum absolute atomic E-state index is 13.2. The quantitative estimate of drug-likeness (QED) is 0.286. The minimum absolute atomic E-state index is 0.0261.